The molecule has 0 spiro atoms. The van der Waals surface area contributed by atoms with Crippen LogP contribution in [0.5, 0.6) is 0 Å². The molecule has 1 amide bonds. The van der Waals surface area contributed by atoms with Crippen molar-refractivity contribution in [3.05, 3.63) is 34.3 Å². The molecule has 0 aliphatic heterocycles. The predicted octanol–water partition coefficient (Wildman–Crippen LogP) is 2.76. The zero-order valence-corrected chi connectivity index (χ0v) is 15.8. The minimum Gasteiger partial charge on any atom is -0.357 e. The van der Waals surface area contributed by atoms with E-state index in [-0.39, 0.29) is 5.91 Å². The second kappa shape index (κ2) is 11.0. The van der Waals surface area contributed by atoms with Crippen LogP contribution < -0.4 is 10.6 Å². The van der Waals surface area contributed by atoms with E-state index in [1.165, 1.54) is 0 Å². The van der Waals surface area contributed by atoms with Crippen molar-refractivity contribution in [1.82, 2.24) is 15.5 Å². The first kappa shape index (κ1) is 19.5. The average molecular weight is 383 g/mol. The van der Waals surface area contributed by atoms with Crippen LogP contribution in [0.2, 0.25) is 0 Å². The molecule has 0 radical (unpaired) electrons. The molecule has 0 saturated heterocycles. The van der Waals surface area contributed by atoms with Crippen molar-refractivity contribution < 1.29 is 4.79 Å². The van der Waals surface area contributed by atoms with Crippen LogP contribution in [0, 0.1) is 0 Å². The number of nitrogens with zero attached hydrogens (tertiary/aromatic N) is 2. The largest absolute Gasteiger partial charge is 0.357 e. The summed E-state index contributed by atoms with van der Waals surface area (Å²) in [5.41, 5.74) is 1.14. The van der Waals surface area contributed by atoms with Crippen molar-refractivity contribution in [3.8, 4) is 0 Å². The van der Waals surface area contributed by atoms with Crippen molar-refractivity contribution in [3.63, 3.8) is 0 Å². The Balaban J connectivity index is 2.49. The predicted molar refractivity (Wildman–Crippen MR) is 99.5 cm³/mol. The summed E-state index contributed by atoms with van der Waals surface area (Å²) < 4.78 is 1.06. The maximum Gasteiger partial charge on any atom is 0.224 e. The van der Waals surface area contributed by atoms with Gasteiger partial charge >= 0.3 is 0 Å². The molecule has 0 saturated carbocycles. The van der Waals surface area contributed by atoms with Gasteiger partial charge in [-0.1, -0.05) is 28.1 Å². The van der Waals surface area contributed by atoms with Crippen molar-refractivity contribution in [2.75, 3.05) is 26.2 Å². The summed E-state index contributed by atoms with van der Waals surface area (Å²) in [6.07, 6.45) is 0.477. The first-order valence-electron chi connectivity index (χ1n) is 8.15. The smallest absolute Gasteiger partial charge is 0.224 e. The number of guanidine groups is 1. The standard InChI is InChI=1S/C17H27BrN4O/c1-4-19-17(20-12-11-16(23)22(5-2)6-3)21-13-14-7-9-15(18)10-8-14/h7-10H,4-6,11-13H2,1-3H3,(H2,19,20,21). The van der Waals surface area contributed by atoms with E-state index in [2.05, 4.69) is 31.6 Å². The van der Waals surface area contributed by atoms with Gasteiger partial charge in [-0.15, -0.1) is 0 Å². The Morgan fingerprint density at radius 3 is 2.35 bits per heavy atom. The van der Waals surface area contributed by atoms with Crippen LogP contribution in [0.25, 0.3) is 0 Å². The summed E-state index contributed by atoms with van der Waals surface area (Å²) in [7, 11) is 0. The molecule has 1 aromatic carbocycles. The van der Waals surface area contributed by atoms with Crippen molar-refractivity contribution in [2.24, 2.45) is 4.99 Å². The second-order valence-electron chi connectivity index (χ2n) is 5.06. The number of aliphatic imine (C=N–C) groups is 1. The molecule has 1 rings (SSSR count). The molecule has 0 aliphatic rings. The lowest BCUT2D eigenvalue weighted by atomic mass is 10.2. The fourth-order valence-electron chi connectivity index (χ4n) is 2.12. The summed E-state index contributed by atoms with van der Waals surface area (Å²) in [6.45, 7) is 9.51. The lowest BCUT2D eigenvalue weighted by Crippen LogP contribution is -2.40. The monoisotopic (exact) mass is 382 g/mol. The molecule has 6 heteroatoms. The third kappa shape index (κ3) is 7.50. The van der Waals surface area contributed by atoms with Gasteiger partial charge in [-0.2, -0.15) is 0 Å². The quantitative estimate of drug-likeness (QED) is 0.536. The first-order chi connectivity index (χ1) is 11.1. The Morgan fingerprint density at radius 1 is 1.13 bits per heavy atom. The number of hydrogen-bond acceptors (Lipinski definition) is 2. The van der Waals surface area contributed by atoms with E-state index in [9.17, 15) is 4.79 Å². The third-order valence-corrected chi connectivity index (χ3v) is 3.95. The van der Waals surface area contributed by atoms with Gasteiger partial charge in [-0.05, 0) is 38.5 Å². The molecule has 0 fully saturated rings. The number of nitrogens with one attached hydrogen (secondary N) is 2. The molecule has 0 bridgehead atoms. The van der Waals surface area contributed by atoms with Crippen LogP contribution in [-0.2, 0) is 11.3 Å². The van der Waals surface area contributed by atoms with Crippen LogP contribution in [0.3, 0.4) is 0 Å². The molecule has 0 heterocycles. The Kier molecular flexibility index (Phi) is 9.36. The van der Waals surface area contributed by atoms with E-state index >= 15 is 0 Å². The number of amides is 1. The Bertz CT molecular complexity index is 498. The van der Waals surface area contributed by atoms with Crippen molar-refractivity contribution in [1.29, 1.82) is 0 Å². The number of carbonyl (C=O) groups is 1. The molecule has 1 aromatic rings. The highest BCUT2D eigenvalue weighted by Gasteiger charge is 2.09. The maximum absolute atomic E-state index is 12.0. The molecule has 2 N–H and O–H groups in total. The Morgan fingerprint density at radius 2 is 1.78 bits per heavy atom. The Hall–Kier alpha value is -1.56. The highest BCUT2D eigenvalue weighted by atomic mass is 79.9. The molecular weight excluding hydrogens is 356 g/mol. The number of halogens is 1. The lowest BCUT2D eigenvalue weighted by molar-refractivity contribution is -0.130. The van der Waals surface area contributed by atoms with E-state index < -0.39 is 0 Å². The van der Waals surface area contributed by atoms with Crippen molar-refractivity contribution >= 4 is 27.8 Å². The summed E-state index contributed by atoms with van der Waals surface area (Å²) in [4.78, 5) is 18.4. The van der Waals surface area contributed by atoms with Gasteiger partial charge < -0.3 is 15.5 Å². The van der Waals surface area contributed by atoms with Gasteiger partial charge in [0, 0.05) is 37.1 Å². The summed E-state index contributed by atoms with van der Waals surface area (Å²) in [6, 6.07) is 8.10. The normalized spacial score (nSPS) is 11.2. The highest BCUT2D eigenvalue weighted by molar-refractivity contribution is 9.10. The van der Waals surface area contributed by atoms with Gasteiger partial charge in [0.25, 0.3) is 0 Å². The molecule has 5 nitrogen and oxygen atoms in total. The Labute approximate surface area is 147 Å². The SMILES string of the molecule is CCNC(=NCc1ccc(Br)cc1)NCCC(=O)N(CC)CC. The number of hydrogen-bond donors (Lipinski definition) is 2. The minimum atomic E-state index is 0.172. The summed E-state index contributed by atoms with van der Waals surface area (Å²) in [5, 5.41) is 6.42. The average Bonchev–Trinajstić information content (AvgIpc) is 2.55. The second-order valence-corrected chi connectivity index (χ2v) is 5.98. The molecule has 0 aromatic heterocycles. The summed E-state index contributed by atoms with van der Waals surface area (Å²) in [5.74, 6) is 0.911. The lowest BCUT2D eigenvalue weighted by Gasteiger charge is -2.19. The molecule has 128 valence electrons. The van der Waals surface area contributed by atoms with Gasteiger partial charge in [0.1, 0.15) is 0 Å². The number of rotatable bonds is 8. The number of carbonyl (C=O) groups excluding carboxylic acids is 1. The van der Waals surface area contributed by atoms with Gasteiger partial charge in [-0.25, -0.2) is 4.99 Å². The molecule has 0 atom stereocenters. The molecule has 0 aliphatic carbocycles. The molecule has 23 heavy (non-hydrogen) atoms. The third-order valence-electron chi connectivity index (χ3n) is 3.42. The summed E-state index contributed by atoms with van der Waals surface area (Å²) >= 11 is 3.43. The van der Waals surface area contributed by atoms with E-state index in [4.69, 9.17) is 0 Å². The van der Waals surface area contributed by atoms with Crippen LogP contribution in [-0.4, -0.2) is 42.9 Å². The van der Waals surface area contributed by atoms with Crippen molar-refractivity contribution in [2.45, 2.75) is 33.7 Å². The van der Waals surface area contributed by atoms with Crippen LogP contribution >= 0.6 is 15.9 Å². The van der Waals surface area contributed by atoms with E-state index in [0.717, 1.165) is 35.6 Å². The van der Waals surface area contributed by atoms with Gasteiger partial charge in [0.2, 0.25) is 5.91 Å². The fourth-order valence-corrected chi connectivity index (χ4v) is 2.39. The topological polar surface area (TPSA) is 56.7 Å². The van der Waals surface area contributed by atoms with Gasteiger partial charge in [0.05, 0.1) is 6.54 Å². The van der Waals surface area contributed by atoms with Crippen LogP contribution in [0.15, 0.2) is 33.7 Å². The molecular formula is C17H27BrN4O. The van der Waals surface area contributed by atoms with E-state index in [0.29, 0.717) is 19.5 Å². The fraction of sp³-hybridized carbons (Fsp3) is 0.529. The number of benzene rings is 1. The van der Waals surface area contributed by atoms with Gasteiger partial charge in [0.15, 0.2) is 5.96 Å². The molecule has 0 unspecified atom stereocenters. The van der Waals surface area contributed by atoms with E-state index in [1.807, 2.05) is 49.9 Å². The zero-order valence-electron chi connectivity index (χ0n) is 14.2. The van der Waals surface area contributed by atoms with Crippen LogP contribution in [0.1, 0.15) is 32.8 Å². The highest BCUT2D eigenvalue weighted by Crippen LogP contribution is 2.11. The minimum absolute atomic E-state index is 0.172. The first-order valence-corrected chi connectivity index (χ1v) is 8.94. The van der Waals surface area contributed by atoms with E-state index in [1.54, 1.807) is 0 Å². The van der Waals surface area contributed by atoms with Crippen LogP contribution in [0.4, 0.5) is 0 Å². The van der Waals surface area contributed by atoms with Gasteiger partial charge in [-0.3, -0.25) is 4.79 Å². The maximum atomic E-state index is 12.0. The zero-order chi connectivity index (χ0) is 17.1.